The van der Waals surface area contributed by atoms with Gasteiger partial charge < -0.3 is 33.8 Å². The Morgan fingerprint density at radius 2 is 0.593 bits per heavy atom. The minimum absolute atomic E-state index is 0.101. The van der Waals surface area contributed by atoms with Gasteiger partial charge in [0, 0.05) is 25.7 Å². The summed E-state index contributed by atoms with van der Waals surface area (Å²) in [7, 11) is -9.89. The molecule has 0 amide bonds. The van der Waals surface area contributed by atoms with Crippen LogP contribution in [0.3, 0.4) is 0 Å². The third-order valence-electron chi connectivity index (χ3n) is 14.8. The molecule has 0 saturated carbocycles. The highest BCUT2D eigenvalue weighted by Crippen LogP contribution is 2.45. The van der Waals surface area contributed by atoms with Crippen molar-refractivity contribution in [3.05, 3.63) is 0 Å². The predicted molar refractivity (Wildman–Crippen MR) is 321 cm³/mol. The summed E-state index contributed by atoms with van der Waals surface area (Å²) in [6.07, 6.45) is 30.9. The van der Waals surface area contributed by atoms with Crippen molar-refractivity contribution in [1.82, 2.24) is 0 Å². The van der Waals surface area contributed by atoms with Gasteiger partial charge in [0.2, 0.25) is 0 Å². The van der Waals surface area contributed by atoms with E-state index >= 15 is 0 Å². The van der Waals surface area contributed by atoms with Gasteiger partial charge in [-0.25, -0.2) is 9.13 Å². The summed E-state index contributed by atoms with van der Waals surface area (Å²) in [5.74, 6) is 0.728. The number of aliphatic hydroxyl groups is 1. The molecule has 0 rings (SSSR count). The molecule has 0 spiro atoms. The fourth-order valence-electron chi connectivity index (χ4n) is 9.01. The molecule has 0 saturated heterocycles. The van der Waals surface area contributed by atoms with Crippen molar-refractivity contribution in [3.63, 3.8) is 0 Å². The molecule has 0 fully saturated rings. The summed E-state index contributed by atoms with van der Waals surface area (Å²) in [6, 6.07) is 0. The molecule has 0 aliphatic heterocycles. The molecule has 0 heterocycles. The maximum Gasteiger partial charge on any atom is 0.472 e. The lowest BCUT2D eigenvalue weighted by molar-refractivity contribution is -0.161. The van der Waals surface area contributed by atoms with Crippen molar-refractivity contribution < 1.29 is 80.2 Å². The number of hydrogen-bond acceptors (Lipinski definition) is 15. The van der Waals surface area contributed by atoms with E-state index in [1.54, 1.807) is 0 Å². The number of phosphoric ester groups is 2. The minimum atomic E-state index is -4.94. The van der Waals surface area contributed by atoms with Crippen molar-refractivity contribution in [1.29, 1.82) is 0 Å². The number of phosphoric acid groups is 2. The van der Waals surface area contributed by atoms with E-state index in [1.807, 2.05) is 0 Å². The van der Waals surface area contributed by atoms with Crippen LogP contribution < -0.4 is 0 Å². The maximum atomic E-state index is 12.9. The standard InChI is InChI=1S/C62H120O17P2/c1-9-54(7)40-32-24-18-20-27-35-43-60(65)73-49-58(79-62(67)45-37-29-21-19-25-33-41-55(8)10-2)51-77-81(70,71)75-47-56(63)46-74-80(68,69)76-50-57(48-72-59(64)42-34-26-17-13-15-23-31-39-53(5)6)78-61(66)44-36-28-16-12-11-14-22-30-38-52(3)4/h52-58,63H,9-51H2,1-8H3,(H,68,69)(H,70,71)/t54?,55?,56?,57-,58-/m1/s1. The smallest absolute Gasteiger partial charge is 0.462 e. The molecule has 480 valence electrons. The highest BCUT2D eigenvalue weighted by molar-refractivity contribution is 7.47. The van der Waals surface area contributed by atoms with Gasteiger partial charge >= 0.3 is 39.5 Å². The molecular formula is C62H120O17P2. The number of carbonyl (C=O) groups excluding carboxylic acids is 4. The Bertz CT molecular complexity index is 1630. The number of rotatable bonds is 59. The van der Waals surface area contributed by atoms with Crippen LogP contribution in [0, 0.1) is 23.7 Å². The maximum absolute atomic E-state index is 12.9. The number of unbranched alkanes of at least 4 members (excludes halogenated alkanes) is 23. The second kappa shape index (κ2) is 52.4. The number of ether oxygens (including phenoxy) is 4. The zero-order valence-electron chi connectivity index (χ0n) is 52.4. The van der Waals surface area contributed by atoms with Gasteiger partial charge in [-0.05, 0) is 49.4 Å². The quantitative estimate of drug-likeness (QED) is 0.0222. The Morgan fingerprint density at radius 3 is 0.877 bits per heavy atom. The van der Waals surface area contributed by atoms with Crippen molar-refractivity contribution in [2.24, 2.45) is 23.7 Å². The van der Waals surface area contributed by atoms with Crippen molar-refractivity contribution in [2.45, 2.75) is 311 Å². The van der Waals surface area contributed by atoms with Gasteiger partial charge in [-0.1, -0.05) is 242 Å². The average Bonchev–Trinajstić information content (AvgIpc) is 3.42. The number of hydrogen-bond donors (Lipinski definition) is 3. The summed E-state index contributed by atoms with van der Waals surface area (Å²) < 4.78 is 67.9. The second-order valence-electron chi connectivity index (χ2n) is 23.9. The first-order valence-corrected chi connectivity index (χ1v) is 35.3. The van der Waals surface area contributed by atoms with Crippen LogP contribution in [0.15, 0.2) is 0 Å². The molecule has 7 atom stereocenters. The molecule has 0 bridgehead atoms. The highest BCUT2D eigenvalue weighted by atomic mass is 31.2. The molecular weight excluding hydrogens is 1080 g/mol. The van der Waals surface area contributed by atoms with Crippen LogP contribution in [0.5, 0.6) is 0 Å². The lowest BCUT2D eigenvalue weighted by Gasteiger charge is -2.21. The Balaban J connectivity index is 5.27. The third-order valence-corrected chi connectivity index (χ3v) is 16.7. The Morgan fingerprint density at radius 1 is 0.346 bits per heavy atom. The Kier molecular flexibility index (Phi) is 51.1. The summed E-state index contributed by atoms with van der Waals surface area (Å²) in [6.45, 7) is 13.9. The first-order chi connectivity index (χ1) is 38.7. The van der Waals surface area contributed by atoms with Crippen LogP contribution in [-0.4, -0.2) is 96.7 Å². The summed E-state index contributed by atoms with van der Waals surface area (Å²) in [4.78, 5) is 72.1. The normalized spacial score (nSPS) is 15.2. The predicted octanol–water partition coefficient (Wildman–Crippen LogP) is 16.6. The molecule has 0 aliphatic carbocycles. The lowest BCUT2D eigenvalue weighted by Crippen LogP contribution is -2.30. The van der Waals surface area contributed by atoms with E-state index in [0.717, 1.165) is 120 Å². The minimum Gasteiger partial charge on any atom is -0.462 e. The van der Waals surface area contributed by atoms with E-state index in [2.05, 4.69) is 55.4 Å². The fraction of sp³-hybridized carbons (Fsp3) is 0.935. The van der Waals surface area contributed by atoms with E-state index < -0.39 is 97.5 Å². The summed E-state index contributed by atoms with van der Waals surface area (Å²) in [5, 5.41) is 10.5. The average molecular weight is 1200 g/mol. The molecule has 81 heavy (non-hydrogen) atoms. The van der Waals surface area contributed by atoms with Gasteiger partial charge in [-0.3, -0.25) is 37.3 Å². The number of aliphatic hydroxyl groups excluding tert-OH is 1. The van der Waals surface area contributed by atoms with Gasteiger partial charge in [0.05, 0.1) is 26.4 Å². The van der Waals surface area contributed by atoms with Crippen molar-refractivity contribution >= 4 is 39.5 Å². The van der Waals surface area contributed by atoms with Crippen LogP contribution in [0.4, 0.5) is 0 Å². The Labute approximate surface area is 492 Å². The zero-order valence-corrected chi connectivity index (χ0v) is 54.2. The van der Waals surface area contributed by atoms with Crippen LogP contribution in [-0.2, 0) is 65.4 Å². The SMILES string of the molecule is CCC(C)CCCCCCCCC(=O)OC[C@H](COP(=O)(O)OCC(O)COP(=O)(O)OC[C@@H](COC(=O)CCCCCCCCCC(C)C)OC(=O)CCCCCCCCCCC(C)C)OC(=O)CCCCCCCCC(C)CC. The van der Waals surface area contributed by atoms with Crippen molar-refractivity contribution in [2.75, 3.05) is 39.6 Å². The van der Waals surface area contributed by atoms with Gasteiger partial charge in [0.25, 0.3) is 0 Å². The summed E-state index contributed by atoms with van der Waals surface area (Å²) >= 11 is 0. The van der Waals surface area contributed by atoms with Crippen LogP contribution in [0.2, 0.25) is 0 Å². The van der Waals surface area contributed by atoms with Gasteiger partial charge in [0.1, 0.15) is 19.3 Å². The topological polar surface area (TPSA) is 237 Å². The molecule has 17 nitrogen and oxygen atoms in total. The third kappa shape index (κ3) is 54.5. The molecule has 19 heteroatoms. The monoisotopic (exact) mass is 1200 g/mol. The van der Waals surface area contributed by atoms with E-state index in [9.17, 15) is 43.2 Å². The van der Waals surface area contributed by atoms with Gasteiger partial charge in [-0.15, -0.1) is 0 Å². The van der Waals surface area contributed by atoms with Crippen LogP contribution >= 0.6 is 15.6 Å². The van der Waals surface area contributed by atoms with E-state index in [4.69, 9.17) is 37.0 Å². The first kappa shape index (κ1) is 79.1. The van der Waals surface area contributed by atoms with Crippen LogP contribution in [0.1, 0.15) is 293 Å². The van der Waals surface area contributed by atoms with E-state index in [0.29, 0.717) is 31.6 Å². The summed E-state index contributed by atoms with van der Waals surface area (Å²) in [5.41, 5.74) is 0. The van der Waals surface area contributed by atoms with Crippen LogP contribution in [0.25, 0.3) is 0 Å². The Hall–Kier alpha value is -1.94. The number of carbonyl (C=O) groups is 4. The fourth-order valence-corrected chi connectivity index (χ4v) is 10.6. The molecule has 3 N–H and O–H groups in total. The molecule has 0 aromatic rings. The second-order valence-corrected chi connectivity index (χ2v) is 26.8. The highest BCUT2D eigenvalue weighted by Gasteiger charge is 2.30. The molecule has 5 unspecified atom stereocenters. The molecule has 0 aliphatic rings. The van der Waals surface area contributed by atoms with Gasteiger partial charge in [0.15, 0.2) is 12.2 Å². The van der Waals surface area contributed by atoms with E-state index in [1.165, 1.54) is 83.5 Å². The van der Waals surface area contributed by atoms with E-state index in [-0.39, 0.29) is 25.7 Å². The lowest BCUT2D eigenvalue weighted by atomic mass is 10.00. The van der Waals surface area contributed by atoms with Crippen molar-refractivity contribution in [3.8, 4) is 0 Å². The molecule has 0 aromatic heterocycles. The zero-order chi connectivity index (χ0) is 60.4. The first-order valence-electron chi connectivity index (χ1n) is 32.3. The van der Waals surface area contributed by atoms with Gasteiger partial charge in [-0.2, -0.15) is 0 Å². The largest absolute Gasteiger partial charge is 0.472 e. The number of esters is 4. The molecule has 0 aromatic carbocycles. The molecule has 0 radical (unpaired) electrons.